The van der Waals surface area contributed by atoms with E-state index in [1.54, 1.807) is 37.9 Å². The van der Waals surface area contributed by atoms with E-state index >= 15 is 0 Å². The van der Waals surface area contributed by atoms with E-state index in [1.807, 2.05) is 48.7 Å². The lowest BCUT2D eigenvalue weighted by Gasteiger charge is -2.22. The van der Waals surface area contributed by atoms with Crippen LogP contribution in [0.5, 0.6) is 5.75 Å². The van der Waals surface area contributed by atoms with E-state index in [2.05, 4.69) is 5.32 Å². The smallest absolute Gasteiger partial charge is 0.263 e. The molecule has 2 aromatic rings. The number of carbonyl (C=O) groups excluding carboxylic acids is 2. The fourth-order valence-electron chi connectivity index (χ4n) is 2.29. The summed E-state index contributed by atoms with van der Waals surface area (Å²) < 4.78 is 5.61. The zero-order valence-corrected chi connectivity index (χ0v) is 15.4. The van der Waals surface area contributed by atoms with Gasteiger partial charge in [0, 0.05) is 11.9 Å². The first-order chi connectivity index (χ1) is 12.0. The summed E-state index contributed by atoms with van der Waals surface area (Å²) in [6, 6.07) is 16.7. The predicted molar refractivity (Wildman–Crippen MR) is 101 cm³/mol. The van der Waals surface area contributed by atoms with E-state index < -0.39 is 6.10 Å². The molecule has 1 unspecified atom stereocenters. The van der Waals surface area contributed by atoms with Gasteiger partial charge in [0.1, 0.15) is 5.75 Å². The number of para-hydroxylation sites is 2. The second kappa shape index (κ2) is 9.13. The van der Waals surface area contributed by atoms with Crippen molar-refractivity contribution in [3.05, 3.63) is 54.6 Å². The number of nitrogens with one attached hydrogen (secondary N) is 1. The summed E-state index contributed by atoms with van der Waals surface area (Å²) in [6.45, 7) is 1.64. The summed E-state index contributed by atoms with van der Waals surface area (Å²) in [4.78, 5) is 26.9. The molecule has 1 atom stereocenters. The largest absolute Gasteiger partial charge is 0.481 e. The molecule has 0 spiro atoms. The van der Waals surface area contributed by atoms with Gasteiger partial charge < -0.3 is 15.0 Å². The van der Waals surface area contributed by atoms with Gasteiger partial charge in [-0.05, 0) is 37.4 Å². The average molecular weight is 358 g/mol. The van der Waals surface area contributed by atoms with Crippen LogP contribution in [-0.2, 0) is 9.59 Å². The van der Waals surface area contributed by atoms with Crippen LogP contribution in [0.3, 0.4) is 0 Å². The van der Waals surface area contributed by atoms with Crippen LogP contribution < -0.4 is 10.1 Å². The molecule has 0 fully saturated rings. The Hall–Kier alpha value is -2.47. The first-order valence-electron chi connectivity index (χ1n) is 7.91. The number of carbonyl (C=O) groups is 2. The summed E-state index contributed by atoms with van der Waals surface area (Å²) in [5.41, 5.74) is 0.745. The maximum atomic E-state index is 12.4. The molecule has 0 aromatic heterocycles. The molecule has 0 radical (unpaired) electrons. The summed E-state index contributed by atoms with van der Waals surface area (Å²) in [5.74, 6) is 0.122. The van der Waals surface area contributed by atoms with Crippen molar-refractivity contribution in [3.63, 3.8) is 0 Å². The van der Waals surface area contributed by atoms with Crippen LogP contribution in [-0.4, -0.2) is 42.7 Å². The number of anilines is 1. The lowest BCUT2D eigenvalue weighted by atomic mass is 10.3. The first-order valence-corrected chi connectivity index (χ1v) is 9.13. The van der Waals surface area contributed by atoms with Gasteiger partial charge in [-0.1, -0.05) is 30.3 Å². The third-order valence-corrected chi connectivity index (χ3v) is 4.34. The van der Waals surface area contributed by atoms with E-state index in [0.717, 1.165) is 10.6 Å². The fourth-order valence-corrected chi connectivity index (χ4v) is 2.85. The number of thioether (sulfide) groups is 1. The number of amides is 2. The van der Waals surface area contributed by atoms with Gasteiger partial charge in [-0.2, -0.15) is 0 Å². The third kappa shape index (κ3) is 5.53. The molecule has 6 heteroatoms. The lowest BCUT2D eigenvalue weighted by Crippen LogP contribution is -2.42. The van der Waals surface area contributed by atoms with Gasteiger partial charge in [-0.3, -0.25) is 9.59 Å². The van der Waals surface area contributed by atoms with E-state index in [-0.39, 0.29) is 18.4 Å². The van der Waals surface area contributed by atoms with E-state index in [9.17, 15) is 9.59 Å². The minimum Gasteiger partial charge on any atom is -0.481 e. The number of rotatable bonds is 7. The highest BCUT2D eigenvalue weighted by Crippen LogP contribution is 2.24. The van der Waals surface area contributed by atoms with Crippen molar-refractivity contribution >= 4 is 29.3 Å². The zero-order valence-electron chi connectivity index (χ0n) is 14.6. The Bertz CT molecular complexity index is 722. The van der Waals surface area contributed by atoms with Crippen molar-refractivity contribution in [2.24, 2.45) is 0 Å². The number of nitrogens with zero attached hydrogens (tertiary/aromatic N) is 1. The van der Waals surface area contributed by atoms with Crippen LogP contribution in [0.2, 0.25) is 0 Å². The van der Waals surface area contributed by atoms with Crippen molar-refractivity contribution in [2.45, 2.75) is 17.9 Å². The Morgan fingerprint density at radius 1 is 1.12 bits per heavy atom. The molecule has 0 saturated heterocycles. The Balaban J connectivity index is 1.90. The van der Waals surface area contributed by atoms with E-state index in [4.69, 9.17) is 4.74 Å². The number of hydrogen-bond donors (Lipinski definition) is 1. The quantitative estimate of drug-likeness (QED) is 0.772. The number of hydrogen-bond acceptors (Lipinski definition) is 4. The Labute approximate surface area is 152 Å². The molecule has 2 amide bonds. The van der Waals surface area contributed by atoms with Crippen LogP contribution in [0, 0.1) is 0 Å². The maximum absolute atomic E-state index is 12.4. The van der Waals surface area contributed by atoms with Crippen LogP contribution in [0.15, 0.2) is 59.5 Å². The highest BCUT2D eigenvalue weighted by molar-refractivity contribution is 7.98. The predicted octanol–water partition coefficient (Wildman–Crippen LogP) is 3.27. The molecule has 132 valence electrons. The van der Waals surface area contributed by atoms with Gasteiger partial charge >= 0.3 is 0 Å². The highest BCUT2D eigenvalue weighted by Gasteiger charge is 2.21. The second-order valence-corrected chi connectivity index (χ2v) is 6.36. The average Bonchev–Trinajstić information content (AvgIpc) is 2.62. The summed E-state index contributed by atoms with van der Waals surface area (Å²) in [6.07, 6.45) is 1.28. The number of benzene rings is 2. The third-order valence-electron chi connectivity index (χ3n) is 3.54. The lowest BCUT2D eigenvalue weighted by molar-refractivity contribution is -0.139. The molecule has 5 nitrogen and oxygen atoms in total. The molecule has 0 saturated carbocycles. The summed E-state index contributed by atoms with van der Waals surface area (Å²) in [7, 11) is 1.59. The molecule has 25 heavy (non-hydrogen) atoms. The van der Waals surface area contributed by atoms with Gasteiger partial charge in [0.05, 0.1) is 12.2 Å². The number of ether oxygens (including phenoxy) is 1. The molecule has 0 heterocycles. The maximum Gasteiger partial charge on any atom is 0.263 e. The van der Waals surface area contributed by atoms with Crippen molar-refractivity contribution in [2.75, 3.05) is 25.2 Å². The van der Waals surface area contributed by atoms with Crippen LogP contribution >= 0.6 is 11.8 Å². The van der Waals surface area contributed by atoms with E-state index in [0.29, 0.717) is 5.75 Å². The van der Waals surface area contributed by atoms with Crippen molar-refractivity contribution in [1.29, 1.82) is 0 Å². The van der Waals surface area contributed by atoms with Crippen molar-refractivity contribution < 1.29 is 14.3 Å². The molecule has 0 aliphatic carbocycles. The molecule has 1 N–H and O–H groups in total. The molecule has 0 bridgehead atoms. The minimum atomic E-state index is -0.668. The van der Waals surface area contributed by atoms with E-state index in [1.165, 1.54) is 4.90 Å². The van der Waals surface area contributed by atoms with Gasteiger partial charge in [0.25, 0.3) is 5.91 Å². The minimum absolute atomic E-state index is 0.0377. The van der Waals surface area contributed by atoms with Gasteiger partial charge in [-0.25, -0.2) is 0 Å². The standard InChI is InChI=1S/C19H22N2O3S/c1-14(24-15-9-5-4-6-10-15)19(23)21(2)13-18(22)20-16-11-7-8-12-17(16)25-3/h4-12,14H,13H2,1-3H3,(H,20,22). The van der Waals surface area contributed by atoms with Crippen LogP contribution in [0.1, 0.15) is 6.92 Å². The summed E-state index contributed by atoms with van der Waals surface area (Å²) in [5, 5.41) is 2.84. The molecule has 0 aliphatic heterocycles. The van der Waals surface area contributed by atoms with Crippen molar-refractivity contribution in [1.82, 2.24) is 4.90 Å². The molecular formula is C19H22N2O3S. The number of likely N-dealkylation sites (N-methyl/N-ethyl adjacent to an activating group) is 1. The fraction of sp³-hybridized carbons (Fsp3) is 0.263. The normalized spacial score (nSPS) is 11.5. The highest BCUT2D eigenvalue weighted by atomic mass is 32.2. The SMILES string of the molecule is CSc1ccccc1NC(=O)CN(C)C(=O)C(C)Oc1ccccc1. The van der Waals surface area contributed by atoms with Crippen LogP contribution in [0.25, 0.3) is 0 Å². The Morgan fingerprint density at radius 3 is 2.44 bits per heavy atom. The summed E-state index contributed by atoms with van der Waals surface area (Å²) >= 11 is 1.55. The van der Waals surface area contributed by atoms with Crippen LogP contribution in [0.4, 0.5) is 5.69 Å². The molecule has 0 aliphatic rings. The second-order valence-electron chi connectivity index (χ2n) is 5.52. The van der Waals surface area contributed by atoms with Gasteiger partial charge in [0.2, 0.25) is 5.91 Å². The van der Waals surface area contributed by atoms with Gasteiger partial charge in [-0.15, -0.1) is 11.8 Å². The zero-order chi connectivity index (χ0) is 18.2. The molecule has 2 aromatic carbocycles. The van der Waals surface area contributed by atoms with Crippen molar-refractivity contribution in [3.8, 4) is 5.75 Å². The topological polar surface area (TPSA) is 58.6 Å². The van der Waals surface area contributed by atoms with Gasteiger partial charge in [0.15, 0.2) is 6.10 Å². The molecule has 2 rings (SSSR count). The monoisotopic (exact) mass is 358 g/mol. The molecular weight excluding hydrogens is 336 g/mol. The first kappa shape index (κ1) is 18.9. The Kier molecular flexibility index (Phi) is 6.89. The Morgan fingerprint density at radius 2 is 1.76 bits per heavy atom.